The molecule has 26 heavy (non-hydrogen) atoms. The van der Waals surface area contributed by atoms with Gasteiger partial charge in [0, 0.05) is 13.1 Å². The van der Waals surface area contributed by atoms with E-state index in [9.17, 15) is 4.79 Å². The molecular weight excluding hydrogens is 324 g/mol. The number of rotatable bonds is 3. The smallest absolute Gasteiger partial charge is 0.409 e. The molecule has 1 amide bonds. The van der Waals surface area contributed by atoms with Crippen molar-refractivity contribution in [2.24, 2.45) is 0 Å². The normalized spacial score (nSPS) is 13.7. The van der Waals surface area contributed by atoms with Crippen LogP contribution >= 0.6 is 0 Å². The van der Waals surface area contributed by atoms with Gasteiger partial charge < -0.3 is 4.74 Å². The SMILES string of the molecule is O=C(NN1CCc2ccccc2C1)Oc1ccc(-c2ccccc2)cc1. The topological polar surface area (TPSA) is 41.6 Å². The zero-order chi connectivity index (χ0) is 17.8. The number of benzene rings is 3. The summed E-state index contributed by atoms with van der Waals surface area (Å²) in [5, 5.41) is 1.89. The molecule has 0 unspecified atom stereocenters. The largest absolute Gasteiger partial charge is 0.427 e. The summed E-state index contributed by atoms with van der Waals surface area (Å²) in [6, 6.07) is 25.9. The molecule has 0 saturated carbocycles. The van der Waals surface area contributed by atoms with Crippen LogP contribution in [-0.4, -0.2) is 17.6 Å². The maximum absolute atomic E-state index is 12.2. The highest BCUT2D eigenvalue weighted by Crippen LogP contribution is 2.22. The molecule has 0 saturated heterocycles. The van der Waals surface area contributed by atoms with E-state index >= 15 is 0 Å². The number of hydrogen-bond donors (Lipinski definition) is 1. The number of carbonyl (C=O) groups excluding carboxylic acids is 1. The molecule has 0 radical (unpaired) electrons. The summed E-state index contributed by atoms with van der Waals surface area (Å²) in [7, 11) is 0. The Bertz CT molecular complexity index is 892. The molecule has 130 valence electrons. The second-order valence-electron chi connectivity index (χ2n) is 6.33. The number of ether oxygens (including phenoxy) is 1. The number of hydrogen-bond acceptors (Lipinski definition) is 3. The third kappa shape index (κ3) is 3.76. The van der Waals surface area contributed by atoms with E-state index in [4.69, 9.17) is 4.74 Å². The maximum atomic E-state index is 12.2. The van der Waals surface area contributed by atoms with Gasteiger partial charge in [-0.1, -0.05) is 66.7 Å². The Hall–Kier alpha value is -3.11. The molecule has 0 bridgehead atoms. The fourth-order valence-electron chi connectivity index (χ4n) is 3.20. The highest BCUT2D eigenvalue weighted by atomic mass is 16.6. The molecule has 0 aromatic heterocycles. The monoisotopic (exact) mass is 344 g/mol. The van der Waals surface area contributed by atoms with Crippen molar-refractivity contribution in [1.29, 1.82) is 0 Å². The first-order valence-electron chi connectivity index (χ1n) is 8.73. The van der Waals surface area contributed by atoms with Gasteiger partial charge in [0.15, 0.2) is 0 Å². The van der Waals surface area contributed by atoms with Gasteiger partial charge in [-0.05, 0) is 40.8 Å². The van der Waals surface area contributed by atoms with E-state index in [0.29, 0.717) is 12.3 Å². The van der Waals surface area contributed by atoms with Crippen molar-refractivity contribution in [3.05, 3.63) is 90.0 Å². The average molecular weight is 344 g/mol. The number of amides is 1. The molecule has 4 heteroatoms. The molecule has 3 aromatic carbocycles. The first kappa shape index (κ1) is 16.4. The lowest BCUT2D eigenvalue weighted by molar-refractivity contribution is 0.135. The van der Waals surface area contributed by atoms with Gasteiger partial charge in [-0.15, -0.1) is 0 Å². The summed E-state index contributed by atoms with van der Waals surface area (Å²) in [6.07, 6.45) is 0.458. The van der Waals surface area contributed by atoms with Crippen molar-refractivity contribution in [2.45, 2.75) is 13.0 Å². The van der Waals surface area contributed by atoms with Gasteiger partial charge in [0.2, 0.25) is 0 Å². The van der Waals surface area contributed by atoms with Crippen molar-refractivity contribution in [2.75, 3.05) is 6.54 Å². The van der Waals surface area contributed by atoms with Crippen molar-refractivity contribution in [1.82, 2.24) is 10.4 Å². The Morgan fingerprint density at radius 1 is 0.808 bits per heavy atom. The Kier molecular flexibility index (Phi) is 4.67. The van der Waals surface area contributed by atoms with Crippen molar-refractivity contribution in [3.63, 3.8) is 0 Å². The van der Waals surface area contributed by atoms with Crippen molar-refractivity contribution >= 4 is 6.09 Å². The molecule has 0 fully saturated rings. The lowest BCUT2D eigenvalue weighted by atomic mass is 10.0. The Balaban J connectivity index is 1.35. The van der Waals surface area contributed by atoms with Gasteiger partial charge in [-0.3, -0.25) is 5.43 Å². The number of hydrazine groups is 1. The fourth-order valence-corrected chi connectivity index (χ4v) is 3.20. The third-order valence-electron chi connectivity index (χ3n) is 4.55. The van der Waals surface area contributed by atoms with Gasteiger partial charge in [-0.2, -0.15) is 0 Å². The number of nitrogens with one attached hydrogen (secondary N) is 1. The molecule has 1 N–H and O–H groups in total. The summed E-state index contributed by atoms with van der Waals surface area (Å²) < 4.78 is 5.40. The number of fused-ring (bicyclic) bond motifs is 1. The van der Waals surface area contributed by atoms with E-state index in [2.05, 4.69) is 35.8 Å². The zero-order valence-corrected chi connectivity index (χ0v) is 14.4. The van der Waals surface area contributed by atoms with Gasteiger partial charge in [0.05, 0.1) is 0 Å². The molecule has 3 aromatic rings. The summed E-state index contributed by atoms with van der Waals surface area (Å²) in [4.78, 5) is 12.2. The maximum Gasteiger partial charge on any atom is 0.427 e. The molecule has 1 aliphatic rings. The molecule has 0 atom stereocenters. The van der Waals surface area contributed by atoms with Gasteiger partial charge in [0.1, 0.15) is 5.75 Å². The summed E-state index contributed by atoms with van der Waals surface area (Å²) >= 11 is 0. The van der Waals surface area contributed by atoms with Crippen LogP contribution in [0.15, 0.2) is 78.9 Å². The summed E-state index contributed by atoms with van der Waals surface area (Å²) in [6.45, 7) is 1.47. The molecule has 4 rings (SSSR count). The second kappa shape index (κ2) is 7.42. The lowest BCUT2D eigenvalue weighted by Crippen LogP contribution is -2.46. The molecule has 1 aliphatic heterocycles. The first-order valence-corrected chi connectivity index (χ1v) is 8.73. The van der Waals surface area contributed by atoms with Crippen LogP contribution in [0.2, 0.25) is 0 Å². The Morgan fingerprint density at radius 3 is 2.23 bits per heavy atom. The van der Waals surface area contributed by atoms with Crippen LogP contribution in [-0.2, 0) is 13.0 Å². The van der Waals surface area contributed by atoms with E-state index in [1.807, 2.05) is 53.5 Å². The number of nitrogens with zero attached hydrogens (tertiary/aromatic N) is 1. The molecule has 4 nitrogen and oxygen atoms in total. The van der Waals surface area contributed by atoms with E-state index in [1.54, 1.807) is 0 Å². The predicted molar refractivity (Wildman–Crippen MR) is 102 cm³/mol. The van der Waals surface area contributed by atoms with Crippen LogP contribution in [0.5, 0.6) is 5.75 Å². The Labute approximate surface area is 153 Å². The standard InChI is InChI=1S/C22H20N2O2/c25-22(23-24-15-14-18-8-4-5-9-20(18)16-24)26-21-12-10-19(11-13-21)17-6-2-1-3-7-17/h1-13H,14-16H2,(H,23,25). The van der Waals surface area contributed by atoms with Crippen LogP contribution in [0.4, 0.5) is 4.79 Å². The fraction of sp³-hybridized carbons (Fsp3) is 0.136. The van der Waals surface area contributed by atoms with E-state index in [0.717, 1.165) is 24.1 Å². The molecule has 0 aliphatic carbocycles. The van der Waals surface area contributed by atoms with Crippen LogP contribution < -0.4 is 10.2 Å². The van der Waals surface area contributed by atoms with Gasteiger partial charge in [-0.25, -0.2) is 9.80 Å². The zero-order valence-electron chi connectivity index (χ0n) is 14.4. The predicted octanol–water partition coefficient (Wildman–Crippen LogP) is 4.42. The highest BCUT2D eigenvalue weighted by molar-refractivity contribution is 5.71. The first-order chi connectivity index (χ1) is 12.8. The molecule has 1 heterocycles. The quantitative estimate of drug-likeness (QED) is 0.765. The minimum atomic E-state index is -0.461. The minimum absolute atomic E-state index is 0.461. The third-order valence-corrected chi connectivity index (χ3v) is 4.55. The summed E-state index contributed by atoms with van der Waals surface area (Å²) in [5.74, 6) is 0.527. The minimum Gasteiger partial charge on any atom is -0.409 e. The Morgan fingerprint density at radius 2 is 1.46 bits per heavy atom. The molecular formula is C22H20N2O2. The second-order valence-corrected chi connectivity index (χ2v) is 6.33. The number of carbonyl (C=O) groups is 1. The van der Waals surface area contributed by atoms with Crippen molar-refractivity contribution in [3.8, 4) is 16.9 Å². The average Bonchev–Trinajstić information content (AvgIpc) is 2.69. The highest BCUT2D eigenvalue weighted by Gasteiger charge is 2.18. The van der Waals surface area contributed by atoms with Gasteiger partial charge >= 0.3 is 6.09 Å². The van der Waals surface area contributed by atoms with Crippen LogP contribution in [0.25, 0.3) is 11.1 Å². The van der Waals surface area contributed by atoms with E-state index in [1.165, 1.54) is 11.1 Å². The lowest BCUT2D eigenvalue weighted by Gasteiger charge is -2.28. The van der Waals surface area contributed by atoms with Crippen molar-refractivity contribution < 1.29 is 9.53 Å². The van der Waals surface area contributed by atoms with Gasteiger partial charge in [0.25, 0.3) is 0 Å². The summed E-state index contributed by atoms with van der Waals surface area (Å²) in [5.41, 5.74) is 7.64. The van der Waals surface area contributed by atoms with Crippen LogP contribution in [0.3, 0.4) is 0 Å². The van der Waals surface area contributed by atoms with Crippen LogP contribution in [0.1, 0.15) is 11.1 Å². The van der Waals surface area contributed by atoms with E-state index in [-0.39, 0.29) is 0 Å². The molecule has 0 spiro atoms. The van der Waals surface area contributed by atoms with E-state index < -0.39 is 6.09 Å². The van der Waals surface area contributed by atoms with Crippen LogP contribution in [0, 0.1) is 0 Å².